The van der Waals surface area contributed by atoms with E-state index in [0.717, 1.165) is 6.54 Å². The number of hydrogen-bond donors (Lipinski definition) is 1. The van der Waals surface area contributed by atoms with Gasteiger partial charge in [-0.05, 0) is 36.8 Å². The number of benzene rings is 1. The van der Waals surface area contributed by atoms with Crippen LogP contribution in [0.2, 0.25) is 0 Å². The van der Waals surface area contributed by atoms with Gasteiger partial charge in [0, 0.05) is 12.7 Å². The lowest BCUT2D eigenvalue weighted by molar-refractivity contribution is 0.527. The molecule has 94 valence electrons. The van der Waals surface area contributed by atoms with Crippen molar-refractivity contribution < 1.29 is 0 Å². The summed E-state index contributed by atoms with van der Waals surface area (Å²) in [6.45, 7) is 2.99. The van der Waals surface area contributed by atoms with Crippen molar-refractivity contribution in [1.82, 2.24) is 9.78 Å². The summed E-state index contributed by atoms with van der Waals surface area (Å²) in [5.41, 5.74) is 8.97. The first-order valence-electron chi connectivity index (χ1n) is 6.63. The zero-order valence-electron chi connectivity index (χ0n) is 10.7. The van der Waals surface area contributed by atoms with Crippen LogP contribution >= 0.6 is 0 Å². The van der Waals surface area contributed by atoms with Crippen molar-refractivity contribution in [2.45, 2.75) is 31.8 Å². The fraction of sp³-hybridized carbons (Fsp3) is 0.400. The Hall–Kier alpha value is -1.61. The van der Waals surface area contributed by atoms with Gasteiger partial charge in [0.05, 0.1) is 11.7 Å². The topological polar surface area (TPSA) is 43.8 Å². The van der Waals surface area contributed by atoms with Crippen molar-refractivity contribution in [2.24, 2.45) is 11.7 Å². The molecule has 3 heteroatoms. The Labute approximate surface area is 108 Å². The highest BCUT2D eigenvalue weighted by Gasteiger charge is 2.43. The average Bonchev–Trinajstić information content (AvgIpc) is 3.08. The minimum Gasteiger partial charge on any atom is -0.322 e. The third-order valence-electron chi connectivity index (χ3n) is 3.92. The van der Waals surface area contributed by atoms with Crippen molar-refractivity contribution in [3.63, 3.8) is 0 Å². The lowest BCUT2D eigenvalue weighted by Gasteiger charge is -2.13. The second-order valence-electron chi connectivity index (χ2n) is 5.01. The molecule has 1 fully saturated rings. The van der Waals surface area contributed by atoms with Crippen LogP contribution in [0.4, 0.5) is 0 Å². The maximum Gasteiger partial charge on any atom is 0.0554 e. The van der Waals surface area contributed by atoms with Gasteiger partial charge in [0.15, 0.2) is 0 Å². The van der Waals surface area contributed by atoms with Gasteiger partial charge >= 0.3 is 0 Å². The lowest BCUT2D eigenvalue weighted by Crippen LogP contribution is -2.18. The molecule has 3 unspecified atom stereocenters. The highest BCUT2D eigenvalue weighted by Crippen LogP contribution is 2.53. The van der Waals surface area contributed by atoms with E-state index in [-0.39, 0.29) is 6.04 Å². The van der Waals surface area contributed by atoms with Crippen LogP contribution in [0.1, 0.15) is 36.6 Å². The molecule has 1 saturated carbocycles. The summed E-state index contributed by atoms with van der Waals surface area (Å²) in [5.74, 6) is 1.19. The molecular weight excluding hydrogens is 222 g/mol. The Morgan fingerprint density at radius 1 is 1.33 bits per heavy atom. The van der Waals surface area contributed by atoms with Gasteiger partial charge in [-0.2, -0.15) is 5.10 Å². The lowest BCUT2D eigenvalue weighted by atomic mass is 10.0. The average molecular weight is 241 g/mol. The summed E-state index contributed by atoms with van der Waals surface area (Å²) in [4.78, 5) is 0. The summed E-state index contributed by atoms with van der Waals surface area (Å²) < 4.78 is 2.00. The molecule has 0 spiro atoms. The Morgan fingerprint density at radius 2 is 2.11 bits per heavy atom. The van der Waals surface area contributed by atoms with Crippen LogP contribution in [0.25, 0.3) is 0 Å². The maximum atomic E-state index is 6.39. The normalized spacial score (nSPS) is 23.9. The smallest absolute Gasteiger partial charge is 0.0554 e. The molecule has 1 aliphatic carbocycles. The number of aryl methyl sites for hydroxylation is 1. The second-order valence-corrected chi connectivity index (χ2v) is 5.01. The van der Waals surface area contributed by atoms with E-state index < -0.39 is 0 Å². The number of nitrogens with two attached hydrogens (primary N) is 1. The Morgan fingerprint density at radius 3 is 2.83 bits per heavy atom. The first kappa shape index (κ1) is 11.5. The fourth-order valence-corrected chi connectivity index (χ4v) is 2.80. The molecule has 18 heavy (non-hydrogen) atoms. The zero-order chi connectivity index (χ0) is 12.5. The quantitative estimate of drug-likeness (QED) is 0.894. The first-order chi connectivity index (χ1) is 8.81. The van der Waals surface area contributed by atoms with Gasteiger partial charge < -0.3 is 5.73 Å². The zero-order valence-corrected chi connectivity index (χ0v) is 10.7. The number of rotatable bonds is 4. The van der Waals surface area contributed by atoms with Gasteiger partial charge in [0.2, 0.25) is 0 Å². The van der Waals surface area contributed by atoms with Crippen molar-refractivity contribution in [1.29, 1.82) is 0 Å². The SMILES string of the molecule is CCn1nccc1C(N)C1CC1c1ccccc1. The van der Waals surface area contributed by atoms with Crippen molar-refractivity contribution in [3.8, 4) is 0 Å². The molecule has 0 saturated heterocycles. The van der Waals surface area contributed by atoms with Gasteiger partial charge in [-0.3, -0.25) is 4.68 Å². The number of aromatic nitrogens is 2. The molecule has 0 aliphatic heterocycles. The second kappa shape index (κ2) is 4.58. The van der Waals surface area contributed by atoms with Gasteiger partial charge in [-0.25, -0.2) is 0 Å². The van der Waals surface area contributed by atoms with Crippen LogP contribution in [0.3, 0.4) is 0 Å². The molecule has 3 nitrogen and oxygen atoms in total. The third kappa shape index (κ3) is 1.95. The van der Waals surface area contributed by atoms with E-state index in [9.17, 15) is 0 Å². The third-order valence-corrected chi connectivity index (χ3v) is 3.92. The molecule has 0 bridgehead atoms. The molecule has 1 aromatic heterocycles. The minimum atomic E-state index is 0.109. The Bertz CT molecular complexity index is 518. The molecule has 3 atom stereocenters. The Balaban J connectivity index is 1.75. The van der Waals surface area contributed by atoms with E-state index in [2.05, 4.69) is 48.4 Å². The molecular formula is C15H19N3. The summed E-state index contributed by atoms with van der Waals surface area (Å²) in [6, 6.07) is 12.8. The predicted octanol–water partition coefficient (Wildman–Crippen LogP) is 2.71. The van der Waals surface area contributed by atoms with Crippen LogP contribution in [-0.2, 0) is 6.54 Å². The van der Waals surface area contributed by atoms with Gasteiger partial charge in [0.1, 0.15) is 0 Å². The molecule has 2 aromatic rings. The minimum absolute atomic E-state index is 0.109. The van der Waals surface area contributed by atoms with E-state index in [1.165, 1.54) is 17.7 Å². The molecule has 1 aliphatic rings. The van der Waals surface area contributed by atoms with Gasteiger partial charge in [-0.15, -0.1) is 0 Å². The van der Waals surface area contributed by atoms with Crippen LogP contribution in [0, 0.1) is 5.92 Å². The summed E-state index contributed by atoms with van der Waals surface area (Å²) >= 11 is 0. The number of hydrogen-bond acceptors (Lipinski definition) is 2. The summed E-state index contributed by atoms with van der Waals surface area (Å²) in [5, 5.41) is 4.30. The number of nitrogens with zero attached hydrogens (tertiary/aromatic N) is 2. The molecule has 3 rings (SSSR count). The largest absolute Gasteiger partial charge is 0.322 e. The standard InChI is InChI=1S/C15H19N3/c1-2-18-14(8-9-17-18)15(16)13-10-12(13)11-6-4-3-5-7-11/h3-9,12-13,15H,2,10,16H2,1H3. The molecule has 1 aromatic carbocycles. The van der Waals surface area contributed by atoms with Crippen LogP contribution in [0.15, 0.2) is 42.6 Å². The first-order valence-corrected chi connectivity index (χ1v) is 6.63. The van der Waals surface area contributed by atoms with E-state index in [1.54, 1.807) is 0 Å². The highest BCUT2D eigenvalue weighted by atomic mass is 15.3. The van der Waals surface area contributed by atoms with E-state index in [1.807, 2.05) is 10.9 Å². The van der Waals surface area contributed by atoms with Gasteiger partial charge in [-0.1, -0.05) is 30.3 Å². The van der Waals surface area contributed by atoms with E-state index in [0.29, 0.717) is 11.8 Å². The maximum absolute atomic E-state index is 6.39. The van der Waals surface area contributed by atoms with Crippen molar-refractivity contribution >= 4 is 0 Å². The summed E-state index contributed by atoms with van der Waals surface area (Å²) in [7, 11) is 0. The van der Waals surface area contributed by atoms with Crippen molar-refractivity contribution in [2.75, 3.05) is 0 Å². The Kier molecular flexibility index (Phi) is 2.92. The van der Waals surface area contributed by atoms with E-state index >= 15 is 0 Å². The monoisotopic (exact) mass is 241 g/mol. The molecule has 0 radical (unpaired) electrons. The van der Waals surface area contributed by atoms with Crippen molar-refractivity contribution in [3.05, 3.63) is 53.9 Å². The van der Waals surface area contributed by atoms with Crippen LogP contribution in [-0.4, -0.2) is 9.78 Å². The molecule has 1 heterocycles. The fourth-order valence-electron chi connectivity index (χ4n) is 2.80. The van der Waals surface area contributed by atoms with Crippen LogP contribution < -0.4 is 5.73 Å². The molecule has 2 N–H and O–H groups in total. The predicted molar refractivity (Wildman–Crippen MR) is 72.1 cm³/mol. The summed E-state index contributed by atoms with van der Waals surface area (Å²) in [6.07, 6.45) is 3.04. The van der Waals surface area contributed by atoms with Crippen LogP contribution in [0.5, 0.6) is 0 Å². The molecule has 0 amide bonds. The van der Waals surface area contributed by atoms with Gasteiger partial charge in [0.25, 0.3) is 0 Å². The van der Waals surface area contributed by atoms with E-state index in [4.69, 9.17) is 5.73 Å². The highest BCUT2D eigenvalue weighted by molar-refractivity contribution is 5.28.